The van der Waals surface area contributed by atoms with E-state index in [9.17, 15) is 9.59 Å². The number of amides is 1. The van der Waals surface area contributed by atoms with Crippen LogP contribution in [-0.4, -0.2) is 51.7 Å². The molecular weight excluding hydrogens is 260 g/mol. The van der Waals surface area contributed by atoms with Gasteiger partial charge in [0.1, 0.15) is 0 Å². The lowest BCUT2D eigenvalue weighted by atomic mass is 10.1. The largest absolute Gasteiger partial charge is 0.478 e. The molecule has 0 saturated heterocycles. The molecule has 0 saturated carbocycles. The standard InChI is InChI=1S/C14H18N2O4/c1-2-16(6-3-7-17)14(20)12-8-11(9-15-10-12)4-5-13(18)19/h4-5,8-10,17H,2-3,6-7H2,1H3,(H,18,19)/b5-4+. The number of rotatable bonds is 7. The summed E-state index contributed by atoms with van der Waals surface area (Å²) in [6, 6.07) is 1.59. The monoisotopic (exact) mass is 278 g/mol. The number of carbonyl (C=O) groups is 2. The molecule has 0 fully saturated rings. The Hall–Kier alpha value is -2.21. The number of carbonyl (C=O) groups excluding carboxylic acids is 1. The number of aromatic nitrogens is 1. The van der Waals surface area contributed by atoms with Crippen molar-refractivity contribution in [3.63, 3.8) is 0 Å². The lowest BCUT2D eigenvalue weighted by Gasteiger charge is -2.20. The average molecular weight is 278 g/mol. The smallest absolute Gasteiger partial charge is 0.328 e. The van der Waals surface area contributed by atoms with Crippen molar-refractivity contribution < 1.29 is 19.8 Å². The highest BCUT2D eigenvalue weighted by Crippen LogP contribution is 2.08. The van der Waals surface area contributed by atoms with Gasteiger partial charge in [-0.05, 0) is 31.1 Å². The molecule has 6 heteroatoms. The van der Waals surface area contributed by atoms with Crippen LogP contribution in [0.3, 0.4) is 0 Å². The predicted octanol–water partition coefficient (Wildman–Crippen LogP) is 1.02. The van der Waals surface area contributed by atoms with Crippen LogP contribution in [0, 0.1) is 0 Å². The Morgan fingerprint density at radius 2 is 2.15 bits per heavy atom. The van der Waals surface area contributed by atoms with Crippen LogP contribution >= 0.6 is 0 Å². The fourth-order valence-electron chi connectivity index (χ4n) is 1.68. The van der Waals surface area contributed by atoms with Crippen molar-refractivity contribution in [3.8, 4) is 0 Å². The summed E-state index contributed by atoms with van der Waals surface area (Å²) in [4.78, 5) is 28.2. The number of aliphatic carboxylic acids is 1. The zero-order valence-corrected chi connectivity index (χ0v) is 11.3. The van der Waals surface area contributed by atoms with E-state index in [4.69, 9.17) is 10.2 Å². The molecule has 108 valence electrons. The molecule has 0 aliphatic carbocycles. The second-order valence-electron chi connectivity index (χ2n) is 4.14. The van der Waals surface area contributed by atoms with Crippen LogP contribution in [0.1, 0.15) is 29.3 Å². The molecule has 0 radical (unpaired) electrons. The highest BCUT2D eigenvalue weighted by atomic mass is 16.4. The molecule has 0 unspecified atom stereocenters. The van der Waals surface area contributed by atoms with E-state index in [1.165, 1.54) is 18.5 Å². The first kappa shape index (κ1) is 15.8. The highest BCUT2D eigenvalue weighted by Gasteiger charge is 2.14. The number of hydrogen-bond donors (Lipinski definition) is 2. The zero-order chi connectivity index (χ0) is 15.0. The van der Waals surface area contributed by atoms with Crippen molar-refractivity contribution >= 4 is 18.0 Å². The molecule has 0 aromatic carbocycles. The van der Waals surface area contributed by atoms with Gasteiger partial charge in [0.15, 0.2) is 0 Å². The minimum Gasteiger partial charge on any atom is -0.478 e. The van der Waals surface area contributed by atoms with E-state index in [1.54, 1.807) is 11.0 Å². The van der Waals surface area contributed by atoms with Gasteiger partial charge in [-0.1, -0.05) is 0 Å². The Balaban J connectivity index is 2.86. The molecule has 1 aromatic rings. The van der Waals surface area contributed by atoms with Gasteiger partial charge >= 0.3 is 5.97 Å². The summed E-state index contributed by atoms with van der Waals surface area (Å²) >= 11 is 0. The molecule has 0 bridgehead atoms. The number of pyridine rings is 1. The van der Waals surface area contributed by atoms with Gasteiger partial charge in [-0.15, -0.1) is 0 Å². The number of aliphatic hydroxyl groups is 1. The summed E-state index contributed by atoms with van der Waals surface area (Å²) in [5.74, 6) is -1.24. The third-order valence-electron chi connectivity index (χ3n) is 2.68. The maximum absolute atomic E-state index is 12.2. The summed E-state index contributed by atoms with van der Waals surface area (Å²) in [5, 5.41) is 17.4. The molecule has 2 N–H and O–H groups in total. The number of hydrogen-bond acceptors (Lipinski definition) is 4. The maximum atomic E-state index is 12.2. The Morgan fingerprint density at radius 3 is 2.75 bits per heavy atom. The average Bonchev–Trinajstić information content (AvgIpc) is 2.46. The third kappa shape index (κ3) is 4.81. The fourth-order valence-corrected chi connectivity index (χ4v) is 1.68. The maximum Gasteiger partial charge on any atom is 0.328 e. The van der Waals surface area contributed by atoms with Crippen molar-refractivity contribution in [2.24, 2.45) is 0 Å². The quantitative estimate of drug-likeness (QED) is 0.727. The second kappa shape index (κ2) is 8.06. The lowest BCUT2D eigenvalue weighted by Crippen LogP contribution is -2.32. The van der Waals surface area contributed by atoms with Gasteiger partial charge in [0.2, 0.25) is 0 Å². The van der Waals surface area contributed by atoms with Gasteiger partial charge in [-0.2, -0.15) is 0 Å². The van der Waals surface area contributed by atoms with Gasteiger partial charge in [-0.3, -0.25) is 9.78 Å². The molecule has 0 aliphatic rings. The van der Waals surface area contributed by atoms with Crippen LogP contribution in [0.25, 0.3) is 6.08 Å². The SMILES string of the molecule is CCN(CCCO)C(=O)c1cncc(/C=C/C(=O)O)c1. The number of nitrogens with zero attached hydrogens (tertiary/aromatic N) is 2. The molecule has 6 nitrogen and oxygen atoms in total. The number of aliphatic hydroxyl groups excluding tert-OH is 1. The number of carboxylic acids is 1. The Kier molecular flexibility index (Phi) is 6.39. The topological polar surface area (TPSA) is 90.7 Å². The molecule has 1 rings (SSSR count). The Morgan fingerprint density at radius 1 is 1.40 bits per heavy atom. The third-order valence-corrected chi connectivity index (χ3v) is 2.68. The Bertz CT molecular complexity index is 500. The van der Waals surface area contributed by atoms with Crippen LogP contribution < -0.4 is 0 Å². The van der Waals surface area contributed by atoms with Crippen molar-refractivity contribution in [2.45, 2.75) is 13.3 Å². The zero-order valence-electron chi connectivity index (χ0n) is 11.3. The molecule has 0 aliphatic heterocycles. The van der Waals surface area contributed by atoms with Gasteiger partial charge < -0.3 is 15.1 Å². The molecule has 0 atom stereocenters. The van der Waals surface area contributed by atoms with Crippen molar-refractivity contribution in [3.05, 3.63) is 35.7 Å². The first-order chi connectivity index (χ1) is 9.58. The summed E-state index contributed by atoms with van der Waals surface area (Å²) in [5.41, 5.74) is 0.953. The Labute approximate surface area is 117 Å². The molecule has 20 heavy (non-hydrogen) atoms. The van der Waals surface area contributed by atoms with E-state index in [1.807, 2.05) is 6.92 Å². The van der Waals surface area contributed by atoms with E-state index in [0.717, 1.165) is 6.08 Å². The minimum atomic E-state index is -1.06. The molecule has 1 amide bonds. The van der Waals surface area contributed by atoms with Crippen molar-refractivity contribution in [1.29, 1.82) is 0 Å². The van der Waals surface area contributed by atoms with Gasteiger partial charge in [-0.25, -0.2) is 4.79 Å². The summed E-state index contributed by atoms with van der Waals surface area (Å²) in [6.07, 6.45) is 5.83. The fraction of sp³-hybridized carbons (Fsp3) is 0.357. The normalized spacial score (nSPS) is 10.7. The van der Waals surface area contributed by atoms with Gasteiger partial charge in [0, 0.05) is 38.2 Å². The van der Waals surface area contributed by atoms with Crippen LogP contribution in [0.5, 0.6) is 0 Å². The first-order valence-corrected chi connectivity index (χ1v) is 6.34. The van der Waals surface area contributed by atoms with Gasteiger partial charge in [0.05, 0.1) is 5.56 Å². The summed E-state index contributed by atoms with van der Waals surface area (Å²) in [6.45, 7) is 2.90. The first-order valence-electron chi connectivity index (χ1n) is 6.34. The molecular formula is C14H18N2O4. The van der Waals surface area contributed by atoms with E-state index < -0.39 is 5.97 Å². The summed E-state index contributed by atoms with van der Waals surface area (Å²) in [7, 11) is 0. The molecule has 0 spiro atoms. The number of carboxylic acid groups (broad SMARTS) is 1. The highest BCUT2D eigenvalue weighted by molar-refractivity contribution is 5.94. The van der Waals surface area contributed by atoms with E-state index in [2.05, 4.69) is 4.98 Å². The van der Waals surface area contributed by atoms with E-state index >= 15 is 0 Å². The van der Waals surface area contributed by atoms with E-state index in [-0.39, 0.29) is 12.5 Å². The van der Waals surface area contributed by atoms with Crippen molar-refractivity contribution in [2.75, 3.05) is 19.7 Å². The second-order valence-corrected chi connectivity index (χ2v) is 4.14. The van der Waals surface area contributed by atoms with Crippen LogP contribution in [0.4, 0.5) is 0 Å². The van der Waals surface area contributed by atoms with Crippen LogP contribution in [0.2, 0.25) is 0 Å². The molecule has 1 heterocycles. The van der Waals surface area contributed by atoms with E-state index in [0.29, 0.717) is 30.6 Å². The predicted molar refractivity (Wildman–Crippen MR) is 74.2 cm³/mol. The van der Waals surface area contributed by atoms with Crippen molar-refractivity contribution in [1.82, 2.24) is 9.88 Å². The van der Waals surface area contributed by atoms with Crippen LogP contribution in [0.15, 0.2) is 24.5 Å². The lowest BCUT2D eigenvalue weighted by molar-refractivity contribution is -0.131. The minimum absolute atomic E-state index is 0.0312. The van der Waals surface area contributed by atoms with Crippen LogP contribution in [-0.2, 0) is 4.79 Å². The summed E-state index contributed by atoms with van der Waals surface area (Å²) < 4.78 is 0. The molecule has 1 aromatic heterocycles. The van der Waals surface area contributed by atoms with Gasteiger partial charge in [0.25, 0.3) is 5.91 Å².